The van der Waals surface area contributed by atoms with Crippen LogP contribution in [0.4, 0.5) is 0 Å². The lowest BCUT2D eigenvalue weighted by atomic mass is 9.96. The highest BCUT2D eigenvalue weighted by atomic mass is 15.0. The Morgan fingerprint density at radius 1 is 0.153 bits per heavy atom. The molecule has 0 N–H and O–H groups in total. The highest BCUT2D eigenvalue weighted by molar-refractivity contribution is 6.14. The Hall–Kier alpha value is -13.0. The minimum Gasteiger partial charge on any atom is -0.309 e. The molecule has 0 aliphatic rings. The van der Waals surface area contributed by atoms with Crippen molar-refractivity contribution in [3.63, 3.8) is 0 Å². The summed E-state index contributed by atoms with van der Waals surface area (Å²) in [6, 6.07) is 137. The number of rotatable bonds is 13. The zero-order valence-corrected chi connectivity index (χ0v) is 53.6. The average molecular weight is 1250 g/mol. The van der Waals surface area contributed by atoms with Gasteiger partial charge in [-0.05, 0) is 186 Å². The number of hydrogen-bond donors (Lipinski definition) is 0. The van der Waals surface area contributed by atoms with Crippen LogP contribution in [0.2, 0.25) is 0 Å². The summed E-state index contributed by atoms with van der Waals surface area (Å²) in [5.41, 5.74) is 29.5. The van der Waals surface area contributed by atoms with E-state index in [2.05, 4.69) is 385 Å². The normalized spacial score (nSPS) is 11.5. The molecule has 0 spiro atoms. The Morgan fingerprint density at radius 3 is 0.643 bits per heavy atom. The van der Waals surface area contributed by atoms with E-state index < -0.39 is 0 Å². The van der Waals surface area contributed by atoms with Gasteiger partial charge in [-0.15, -0.1) is 0 Å². The summed E-state index contributed by atoms with van der Waals surface area (Å²) in [6.45, 7) is 0. The largest absolute Gasteiger partial charge is 0.309 e. The molecule has 3 heterocycles. The lowest BCUT2D eigenvalue weighted by molar-refractivity contribution is 1.12. The van der Waals surface area contributed by atoms with Gasteiger partial charge in [0, 0.05) is 49.6 Å². The van der Waals surface area contributed by atoms with Gasteiger partial charge in [0.15, 0.2) is 5.82 Å². The molecule has 0 radical (unpaired) electrons. The second kappa shape index (κ2) is 24.7. The smallest absolute Gasteiger partial charge is 0.160 e. The molecule has 0 aliphatic heterocycles. The first kappa shape index (κ1) is 57.6. The Kier molecular flexibility index (Phi) is 14.5. The fourth-order valence-corrected chi connectivity index (χ4v) is 14.4. The Morgan fingerprint density at radius 2 is 0.378 bits per heavy atom. The van der Waals surface area contributed by atoms with E-state index in [9.17, 15) is 0 Å². The summed E-state index contributed by atoms with van der Waals surface area (Å²) < 4.78 is 4.93. The van der Waals surface area contributed by atoms with Crippen molar-refractivity contribution in [2.45, 2.75) is 0 Å². The van der Waals surface area contributed by atoms with Crippen molar-refractivity contribution in [3.05, 3.63) is 376 Å². The Labute approximate surface area is 569 Å². The number of nitrogens with zero attached hydrogens (tertiary/aromatic N) is 4. The van der Waals surface area contributed by atoms with Crippen LogP contribution < -0.4 is 0 Å². The van der Waals surface area contributed by atoms with Gasteiger partial charge in [0.05, 0.1) is 33.5 Å². The van der Waals surface area contributed by atoms with Crippen LogP contribution >= 0.6 is 0 Å². The van der Waals surface area contributed by atoms with Crippen molar-refractivity contribution < 1.29 is 0 Å². The third kappa shape index (κ3) is 10.8. The van der Waals surface area contributed by atoms with E-state index in [1.807, 2.05) is 0 Å². The molecule has 0 unspecified atom stereocenters. The predicted octanol–water partition coefficient (Wildman–Crippen LogP) is 25.0. The first-order valence-corrected chi connectivity index (χ1v) is 33.5. The minimum absolute atomic E-state index is 0.622. The molecule has 18 aromatic rings. The summed E-state index contributed by atoms with van der Waals surface area (Å²) in [6.07, 6.45) is 0. The molecule has 98 heavy (non-hydrogen) atoms. The minimum atomic E-state index is 0.622. The lowest BCUT2D eigenvalue weighted by Gasteiger charge is -2.17. The van der Waals surface area contributed by atoms with Gasteiger partial charge in [-0.25, -0.2) is 9.97 Å². The van der Waals surface area contributed by atoms with E-state index in [4.69, 9.17) is 9.97 Å². The maximum Gasteiger partial charge on any atom is 0.160 e. The molecule has 4 nitrogen and oxygen atoms in total. The zero-order valence-electron chi connectivity index (χ0n) is 53.6. The van der Waals surface area contributed by atoms with E-state index >= 15 is 0 Å². The molecule has 0 saturated carbocycles. The van der Waals surface area contributed by atoms with E-state index in [1.54, 1.807) is 0 Å². The van der Waals surface area contributed by atoms with Gasteiger partial charge in [-0.2, -0.15) is 0 Å². The van der Waals surface area contributed by atoms with Crippen molar-refractivity contribution in [3.8, 4) is 134 Å². The second-order valence-electron chi connectivity index (χ2n) is 25.3. The van der Waals surface area contributed by atoms with Gasteiger partial charge in [-0.3, -0.25) is 0 Å². The Bertz CT molecular complexity index is 5370. The summed E-state index contributed by atoms with van der Waals surface area (Å²) in [5, 5.41) is 4.59. The molecular weight excluding hydrogens is 1190 g/mol. The summed E-state index contributed by atoms with van der Waals surface area (Å²) >= 11 is 0. The van der Waals surface area contributed by atoms with Crippen LogP contribution in [0.5, 0.6) is 0 Å². The van der Waals surface area contributed by atoms with E-state index in [0.717, 1.165) is 128 Å². The summed E-state index contributed by atoms with van der Waals surface area (Å²) in [7, 11) is 0. The fraction of sp³-hybridized carbons (Fsp3) is 0. The molecule has 0 aliphatic carbocycles. The maximum atomic E-state index is 5.56. The molecular formula is C94H62N4. The monoisotopic (exact) mass is 1250 g/mol. The van der Waals surface area contributed by atoms with Gasteiger partial charge in [-0.1, -0.05) is 279 Å². The molecule has 0 fully saturated rings. The molecule has 0 atom stereocenters. The lowest BCUT2D eigenvalue weighted by Crippen LogP contribution is -2.02. The standard InChI is InChI=1S/C94H62N4/c1-7-23-63(24-8-1)69-35-19-39-73(51-69)77-43-47-90-84(57-77)85-58-78(74-40-20-36-70(52-74)64-25-9-2-10-26-64)44-48-91(85)97(90)82-55-81(94-95-88(67-31-15-5-16-32-67)62-89(96-94)68-33-17-6-18-34-68)56-83(61-82)98-92-49-45-79(75-41-21-37-71(53-75)65-27-11-3-12-28-65)59-86(92)87-60-80(46-50-93(87)98)76-42-22-38-72(54-76)66-29-13-4-14-30-66/h1-62H. The number of aromatic nitrogens is 4. The SMILES string of the molecule is c1ccc(-c2cccc(-c3ccc4c(c3)c3cc(-c5cccc(-c6ccccc6)c5)ccc3n4-c3cc(-c4nc(-c5ccccc5)cc(-c5ccccc5)n4)cc(-n4c5ccc(-c6cccc(-c7ccccc7)c6)cc5c5cc(-c6cccc(-c7ccccc7)c6)ccc54)c3)c2)cc1. The van der Waals surface area contributed by atoms with Crippen LogP contribution in [-0.4, -0.2) is 19.1 Å². The number of fused-ring (bicyclic) bond motifs is 6. The van der Waals surface area contributed by atoms with Crippen LogP contribution in [-0.2, 0) is 0 Å². The van der Waals surface area contributed by atoms with Crippen LogP contribution in [0, 0.1) is 0 Å². The van der Waals surface area contributed by atoms with E-state index in [0.29, 0.717) is 5.82 Å². The van der Waals surface area contributed by atoms with Crippen molar-refractivity contribution in [2.75, 3.05) is 0 Å². The molecule has 3 aromatic heterocycles. The summed E-state index contributed by atoms with van der Waals surface area (Å²) in [4.78, 5) is 11.1. The predicted molar refractivity (Wildman–Crippen MR) is 411 cm³/mol. The van der Waals surface area contributed by atoms with Gasteiger partial charge < -0.3 is 9.13 Å². The molecule has 0 saturated heterocycles. The maximum absolute atomic E-state index is 5.56. The first-order valence-electron chi connectivity index (χ1n) is 33.5. The van der Waals surface area contributed by atoms with Crippen LogP contribution in [0.1, 0.15) is 0 Å². The van der Waals surface area contributed by atoms with E-state index in [-0.39, 0.29) is 0 Å². The topological polar surface area (TPSA) is 35.6 Å². The Balaban J connectivity index is 0.896. The van der Waals surface area contributed by atoms with Gasteiger partial charge >= 0.3 is 0 Å². The van der Waals surface area contributed by atoms with Crippen molar-refractivity contribution >= 4 is 43.6 Å². The van der Waals surface area contributed by atoms with Crippen LogP contribution in [0.25, 0.3) is 178 Å². The molecule has 4 heteroatoms. The van der Waals surface area contributed by atoms with E-state index in [1.165, 1.54) is 44.5 Å². The highest BCUT2D eigenvalue weighted by Gasteiger charge is 2.22. The van der Waals surface area contributed by atoms with Crippen molar-refractivity contribution in [2.24, 2.45) is 0 Å². The summed E-state index contributed by atoms with van der Waals surface area (Å²) in [5.74, 6) is 0.622. The fourth-order valence-electron chi connectivity index (χ4n) is 14.4. The number of hydrogen-bond acceptors (Lipinski definition) is 2. The van der Waals surface area contributed by atoms with Crippen molar-refractivity contribution in [1.82, 2.24) is 19.1 Å². The van der Waals surface area contributed by atoms with Gasteiger partial charge in [0.2, 0.25) is 0 Å². The average Bonchev–Trinajstić information content (AvgIpc) is 1.57. The number of benzene rings is 15. The van der Waals surface area contributed by atoms with Crippen LogP contribution in [0.3, 0.4) is 0 Å². The third-order valence-electron chi connectivity index (χ3n) is 19.3. The molecule has 18 rings (SSSR count). The quantitative estimate of drug-likeness (QED) is 0.115. The van der Waals surface area contributed by atoms with Gasteiger partial charge in [0.1, 0.15) is 0 Å². The molecule has 0 bridgehead atoms. The molecule has 15 aromatic carbocycles. The van der Waals surface area contributed by atoms with Crippen molar-refractivity contribution in [1.29, 1.82) is 0 Å². The third-order valence-corrected chi connectivity index (χ3v) is 19.3. The molecule has 0 amide bonds. The second-order valence-corrected chi connectivity index (χ2v) is 25.3. The first-order chi connectivity index (χ1) is 48.5. The highest BCUT2D eigenvalue weighted by Crippen LogP contribution is 2.44. The van der Waals surface area contributed by atoms with Crippen LogP contribution in [0.15, 0.2) is 376 Å². The molecule has 458 valence electrons. The zero-order chi connectivity index (χ0) is 64.9. The van der Waals surface area contributed by atoms with Gasteiger partial charge in [0.25, 0.3) is 0 Å².